The van der Waals surface area contributed by atoms with Gasteiger partial charge >= 0.3 is 0 Å². The van der Waals surface area contributed by atoms with Crippen LogP contribution in [0.5, 0.6) is 0 Å². The Morgan fingerprint density at radius 2 is 2.21 bits per heavy atom. The third-order valence-electron chi connectivity index (χ3n) is 2.66. The number of rotatable bonds is 7. The quantitative estimate of drug-likeness (QED) is 0.533. The highest BCUT2D eigenvalue weighted by Gasteiger charge is 2.01. The van der Waals surface area contributed by atoms with E-state index in [-0.39, 0.29) is 0 Å². The molecule has 0 saturated heterocycles. The molecule has 2 aromatic rings. The fraction of sp³-hybridized carbons (Fsp3) is 0.333. The SMILES string of the molecule is CCCNCc1cccc(SCc2cc(Br)cs2)c1. The highest BCUT2D eigenvalue weighted by molar-refractivity contribution is 9.10. The van der Waals surface area contributed by atoms with Gasteiger partial charge in [0.25, 0.3) is 0 Å². The Morgan fingerprint density at radius 1 is 1.32 bits per heavy atom. The molecule has 0 radical (unpaired) electrons. The molecule has 1 aromatic heterocycles. The first-order valence-electron chi connectivity index (χ1n) is 6.43. The van der Waals surface area contributed by atoms with Crippen LogP contribution >= 0.6 is 39.0 Å². The Labute approximate surface area is 131 Å². The van der Waals surface area contributed by atoms with Gasteiger partial charge in [-0.2, -0.15) is 0 Å². The average Bonchev–Trinajstić information content (AvgIpc) is 2.83. The molecule has 1 heterocycles. The molecule has 0 aliphatic rings. The van der Waals surface area contributed by atoms with Crippen LogP contribution in [0, 0.1) is 0 Å². The van der Waals surface area contributed by atoms with Crippen molar-refractivity contribution in [2.24, 2.45) is 0 Å². The third-order valence-corrected chi connectivity index (χ3v) is 5.58. The number of benzene rings is 1. The van der Waals surface area contributed by atoms with Crippen molar-refractivity contribution in [2.75, 3.05) is 6.54 Å². The van der Waals surface area contributed by atoms with E-state index in [4.69, 9.17) is 0 Å². The Morgan fingerprint density at radius 3 is 2.95 bits per heavy atom. The number of hydrogen-bond acceptors (Lipinski definition) is 3. The van der Waals surface area contributed by atoms with Crippen LogP contribution in [0.15, 0.2) is 45.1 Å². The van der Waals surface area contributed by atoms with Gasteiger partial charge in [-0.25, -0.2) is 0 Å². The molecule has 0 unspecified atom stereocenters. The van der Waals surface area contributed by atoms with Crippen LogP contribution in [-0.2, 0) is 12.3 Å². The highest BCUT2D eigenvalue weighted by atomic mass is 79.9. The highest BCUT2D eigenvalue weighted by Crippen LogP contribution is 2.28. The molecule has 0 spiro atoms. The molecule has 0 fully saturated rings. The summed E-state index contributed by atoms with van der Waals surface area (Å²) in [6.45, 7) is 4.24. The summed E-state index contributed by atoms with van der Waals surface area (Å²) in [5, 5.41) is 5.58. The number of nitrogens with one attached hydrogen (secondary N) is 1. The summed E-state index contributed by atoms with van der Waals surface area (Å²) in [5.74, 6) is 1.04. The summed E-state index contributed by atoms with van der Waals surface area (Å²) in [7, 11) is 0. The number of thioether (sulfide) groups is 1. The Kier molecular flexibility index (Phi) is 6.44. The van der Waals surface area contributed by atoms with Crippen molar-refractivity contribution in [1.82, 2.24) is 5.32 Å². The van der Waals surface area contributed by atoms with E-state index in [9.17, 15) is 0 Å². The van der Waals surface area contributed by atoms with E-state index in [1.165, 1.54) is 26.2 Å². The van der Waals surface area contributed by atoms with Crippen LogP contribution in [0.2, 0.25) is 0 Å². The van der Waals surface area contributed by atoms with Gasteiger partial charge in [0.2, 0.25) is 0 Å². The lowest BCUT2D eigenvalue weighted by atomic mass is 10.2. The molecule has 0 aliphatic carbocycles. The van der Waals surface area contributed by atoms with Crippen LogP contribution in [-0.4, -0.2) is 6.54 Å². The predicted octanol–water partition coefficient (Wildman–Crippen LogP) is 5.30. The topological polar surface area (TPSA) is 12.0 Å². The molecule has 102 valence electrons. The van der Waals surface area contributed by atoms with Crippen molar-refractivity contribution in [2.45, 2.75) is 30.5 Å². The zero-order valence-corrected chi connectivity index (χ0v) is 14.2. The summed E-state index contributed by atoms with van der Waals surface area (Å²) < 4.78 is 1.19. The minimum Gasteiger partial charge on any atom is -0.313 e. The minimum atomic E-state index is 0.965. The van der Waals surface area contributed by atoms with Gasteiger partial charge in [-0.1, -0.05) is 19.1 Å². The minimum absolute atomic E-state index is 0.965. The van der Waals surface area contributed by atoms with Gasteiger partial charge < -0.3 is 5.32 Å². The van der Waals surface area contributed by atoms with Crippen molar-refractivity contribution in [3.05, 3.63) is 50.6 Å². The standard InChI is InChI=1S/C15H18BrNS2/c1-2-6-17-9-12-4-3-5-14(7-12)19-11-15-8-13(16)10-18-15/h3-5,7-8,10,17H,2,6,9,11H2,1H3. The fourth-order valence-electron chi connectivity index (χ4n) is 1.74. The molecule has 2 rings (SSSR count). The maximum Gasteiger partial charge on any atom is 0.0326 e. The van der Waals surface area contributed by atoms with E-state index < -0.39 is 0 Å². The molecule has 0 aliphatic heterocycles. The van der Waals surface area contributed by atoms with Crippen molar-refractivity contribution in [3.8, 4) is 0 Å². The number of thiophene rings is 1. The maximum atomic E-state index is 3.50. The molecular formula is C15H18BrNS2. The molecule has 1 N–H and O–H groups in total. The lowest BCUT2D eigenvalue weighted by Crippen LogP contribution is -2.13. The van der Waals surface area contributed by atoms with Gasteiger partial charge in [0, 0.05) is 31.9 Å². The predicted molar refractivity (Wildman–Crippen MR) is 90.0 cm³/mol. The molecule has 4 heteroatoms. The van der Waals surface area contributed by atoms with Crippen LogP contribution in [0.25, 0.3) is 0 Å². The first-order chi connectivity index (χ1) is 9.28. The van der Waals surface area contributed by atoms with Gasteiger partial charge in [-0.3, -0.25) is 0 Å². The first-order valence-corrected chi connectivity index (χ1v) is 9.09. The Hall–Kier alpha value is -0.290. The zero-order chi connectivity index (χ0) is 13.5. The monoisotopic (exact) mass is 355 g/mol. The van der Waals surface area contributed by atoms with Gasteiger partial charge in [0.15, 0.2) is 0 Å². The van der Waals surface area contributed by atoms with E-state index in [2.05, 4.69) is 63.9 Å². The second kappa shape index (κ2) is 8.10. The van der Waals surface area contributed by atoms with E-state index >= 15 is 0 Å². The summed E-state index contributed by atoms with van der Waals surface area (Å²) >= 11 is 7.21. The van der Waals surface area contributed by atoms with Crippen molar-refractivity contribution in [3.63, 3.8) is 0 Å². The van der Waals surface area contributed by atoms with Gasteiger partial charge in [0.05, 0.1) is 0 Å². The molecule has 0 bridgehead atoms. The van der Waals surface area contributed by atoms with Crippen LogP contribution in [0.3, 0.4) is 0 Å². The largest absolute Gasteiger partial charge is 0.313 e. The van der Waals surface area contributed by atoms with Gasteiger partial charge in [-0.15, -0.1) is 23.1 Å². The van der Waals surface area contributed by atoms with Gasteiger partial charge in [-0.05, 0) is 52.7 Å². The molecule has 0 saturated carbocycles. The van der Waals surface area contributed by atoms with E-state index in [1.807, 2.05) is 23.1 Å². The molecule has 1 aromatic carbocycles. The summed E-state index contributed by atoms with van der Waals surface area (Å²) in [5.41, 5.74) is 1.37. The van der Waals surface area contributed by atoms with Crippen molar-refractivity contribution >= 4 is 39.0 Å². The molecule has 1 nitrogen and oxygen atoms in total. The fourth-order valence-corrected chi connectivity index (χ4v) is 4.22. The normalized spacial score (nSPS) is 10.8. The summed E-state index contributed by atoms with van der Waals surface area (Å²) in [6.07, 6.45) is 1.18. The average molecular weight is 356 g/mol. The van der Waals surface area contributed by atoms with E-state index in [0.717, 1.165) is 18.8 Å². The second-order valence-electron chi connectivity index (χ2n) is 4.34. The van der Waals surface area contributed by atoms with Crippen LogP contribution in [0.1, 0.15) is 23.8 Å². The second-order valence-corrected chi connectivity index (χ2v) is 7.30. The molecule has 0 atom stereocenters. The maximum absolute atomic E-state index is 3.50. The van der Waals surface area contributed by atoms with Crippen LogP contribution < -0.4 is 5.32 Å². The lowest BCUT2D eigenvalue weighted by Gasteiger charge is -2.06. The zero-order valence-electron chi connectivity index (χ0n) is 11.0. The number of halogens is 1. The van der Waals surface area contributed by atoms with Gasteiger partial charge in [0.1, 0.15) is 0 Å². The van der Waals surface area contributed by atoms with Crippen LogP contribution in [0.4, 0.5) is 0 Å². The molecule has 0 amide bonds. The molecular weight excluding hydrogens is 338 g/mol. The number of hydrogen-bond donors (Lipinski definition) is 1. The Bertz CT molecular complexity index is 510. The van der Waals surface area contributed by atoms with E-state index in [1.54, 1.807) is 0 Å². The van der Waals surface area contributed by atoms with Crippen molar-refractivity contribution < 1.29 is 0 Å². The third kappa shape index (κ3) is 5.30. The first kappa shape index (κ1) is 15.1. The Balaban J connectivity index is 1.87. The summed E-state index contributed by atoms with van der Waals surface area (Å²) in [6, 6.07) is 11.0. The van der Waals surface area contributed by atoms with E-state index in [0.29, 0.717) is 0 Å². The summed E-state index contributed by atoms with van der Waals surface area (Å²) in [4.78, 5) is 2.76. The van der Waals surface area contributed by atoms with Crippen molar-refractivity contribution in [1.29, 1.82) is 0 Å². The smallest absolute Gasteiger partial charge is 0.0326 e. The molecule has 19 heavy (non-hydrogen) atoms. The lowest BCUT2D eigenvalue weighted by molar-refractivity contribution is 0.674.